The summed E-state index contributed by atoms with van der Waals surface area (Å²) in [5.41, 5.74) is 1.22. The third-order valence-electron chi connectivity index (χ3n) is 1.97. The van der Waals surface area contributed by atoms with E-state index in [1.807, 2.05) is 5.38 Å². The molecule has 2 heterocycles. The van der Waals surface area contributed by atoms with Gasteiger partial charge in [-0.15, -0.1) is 21.8 Å². The summed E-state index contributed by atoms with van der Waals surface area (Å²) < 4.78 is 5.48. The van der Waals surface area contributed by atoms with E-state index in [2.05, 4.69) is 21.6 Å². The largest absolute Gasteiger partial charge is 0.425 e. The number of thiophene rings is 1. The molecule has 0 atom stereocenters. The molecular formula is C10H11ClN2OS. The molecule has 0 aliphatic rings. The van der Waals surface area contributed by atoms with Crippen LogP contribution < -0.4 is 0 Å². The van der Waals surface area contributed by atoms with Crippen molar-refractivity contribution in [3.8, 4) is 0 Å². The predicted octanol–water partition coefficient (Wildman–Crippen LogP) is 2.89. The highest BCUT2D eigenvalue weighted by Gasteiger charge is 2.06. The summed E-state index contributed by atoms with van der Waals surface area (Å²) in [6.45, 7) is 0. The molecule has 2 rings (SSSR count). The van der Waals surface area contributed by atoms with Gasteiger partial charge in [0.25, 0.3) is 0 Å². The van der Waals surface area contributed by atoms with Crippen LogP contribution >= 0.6 is 22.9 Å². The third-order valence-corrected chi connectivity index (χ3v) is 2.97. The maximum absolute atomic E-state index is 5.58. The Balaban J connectivity index is 1.95. The Morgan fingerprint density at radius 1 is 1.33 bits per heavy atom. The molecule has 0 fully saturated rings. The fourth-order valence-corrected chi connectivity index (χ4v) is 2.05. The number of alkyl halides is 1. The molecule has 2 aromatic heterocycles. The number of halogens is 1. The average Bonchev–Trinajstić information content (AvgIpc) is 2.87. The number of hydrogen-bond donors (Lipinski definition) is 0. The van der Waals surface area contributed by atoms with Gasteiger partial charge in [-0.2, -0.15) is 11.3 Å². The second-order valence-corrected chi connectivity index (χ2v) is 4.35. The van der Waals surface area contributed by atoms with Crippen molar-refractivity contribution >= 4 is 22.9 Å². The molecular weight excluding hydrogens is 232 g/mol. The van der Waals surface area contributed by atoms with Crippen molar-refractivity contribution in [1.29, 1.82) is 0 Å². The lowest BCUT2D eigenvalue weighted by molar-refractivity contribution is 0.455. The first-order valence-corrected chi connectivity index (χ1v) is 6.24. The van der Waals surface area contributed by atoms with E-state index < -0.39 is 0 Å². The highest BCUT2D eigenvalue weighted by atomic mass is 35.5. The van der Waals surface area contributed by atoms with E-state index >= 15 is 0 Å². The molecule has 0 N–H and O–H groups in total. The number of rotatable bonds is 5. The van der Waals surface area contributed by atoms with Gasteiger partial charge in [-0.25, -0.2) is 0 Å². The van der Waals surface area contributed by atoms with Gasteiger partial charge in [-0.1, -0.05) is 0 Å². The summed E-state index contributed by atoms with van der Waals surface area (Å²) in [7, 11) is 0. The lowest BCUT2D eigenvalue weighted by Crippen LogP contribution is -1.85. The number of nitrogens with zero attached hydrogens (tertiary/aromatic N) is 2. The first kappa shape index (κ1) is 10.6. The van der Waals surface area contributed by atoms with Gasteiger partial charge in [0.05, 0.1) is 6.42 Å². The van der Waals surface area contributed by atoms with Crippen LogP contribution in [0.2, 0.25) is 0 Å². The number of hydrogen-bond acceptors (Lipinski definition) is 4. The lowest BCUT2D eigenvalue weighted by Gasteiger charge is -1.90. The first-order chi connectivity index (χ1) is 7.38. The van der Waals surface area contributed by atoms with Crippen LogP contribution in [0.1, 0.15) is 23.8 Å². The van der Waals surface area contributed by atoms with E-state index in [0.717, 1.165) is 19.3 Å². The Bertz CT molecular complexity index is 399. The summed E-state index contributed by atoms with van der Waals surface area (Å²) in [5.74, 6) is 1.99. The summed E-state index contributed by atoms with van der Waals surface area (Å²) in [5, 5.41) is 12.1. The van der Waals surface area contributed by atoms with Crippen molar-refractivity contribution in [3.63, 3.8) is 0 Å². The Labute approximate surface area is 97.1 Å². The zero-order valence-electron chi connectivity index (χ0n) is 8.15. The molecule has 80 valence electrons. The quantitative estimate of drug-likeness (QED) is 0.757. The van der Waals surface area contributed by atoms with Crippen LogP contribution in [0.5, 0.6) is 0 Å². The molecule has 0 amide bonds. The van der Waals surface area contributed by atoms with Gasteiger partial charge in [0.15, 0.2) is 0 Å². The number of aryl methyl sites for hydroxylation is 1. The van der Waals surface area contributed by atoms with Gasteiger partial charge in [0.2, 0.25) is 11.8 Å². The fourth-order valence-electron chi connectivity index (χ4n) is 1.25. The third kappa shape index (κ3) is 3.04. The molecule has 0 saturated carbocycles. The van der Waals surface area contributed by atoms with Crippen LogP contribution in [0.4, 0.5) is 0 Å². The number of aromatic nitrogens is 2. The molecule has 0 unspecified atom stereocenters. The maximum Gasteiger partial charge on any atom is 0.220 e. The predicted molar refractivity (Wildman–Crippen MR) is 60.5 cm³/mol. The normalized spacial score (nSPS) is 10.7. The van der Waals surface area contributed by atoms with E-state index in [-0.39, 0.29) is 0 Å². The summed E-state index contributed by atoms with van der Waals surface area (Å²) >= 11 is 7.26. The van der Waals surface area contributed by atoms with E-state index in [1.54, 1.807) is 11.3 Å². The van der Waals surface area contributed by atoms with Crippen LogP contribution in [0.3, 0.4) is 0 Å². The molecule has 0 radical (unpaired) electrons. The van der Waals surface area contributed by atoms with E-state index in [1.165, 1.54) is 5.56 Å². The minimum absolute atomic E-state index is 0.627. The molecule has 3 nitrogen and oxygen atoms in total. The second kappa shape index (κ2) is 5.28. The monoisotopic (exact) mass is 242 g/mol. The van der Waals surface area contributed by atoms with E-state index in [4.69, 9.17) is 16.0 Å². The molecule has 5 heteroatoms. The Morgan fingerprint density at radius 3 is 2.93 bits per heavy atom. The molecule has 0 bridgehead atoms. The van der Waals surface area contributed by atoms with Gasteiger partial charge in [-0.3, -0.25) is 0 Å². The summed E-state index contributed by atoms with van der Waals surface area (Å²) in [4.78, 5) is 0. The Morgan fingerprint density at radius 2 is 2.20 bits per heavy atom. The van der Waals surface area contributed by atoms with Gasteiger partial charge in [0.1, 0.15) is 0 Å². The van der Waals surface area contributed by atoms with Crippen molar-refractivity contribution in [2.45, 2.75) is 19.3 Å². The standard InChI is InChI=1S/C10H11ClN2OS/c11-4-1-2-9-12-13-10(14-9)6-8-3-5-15-7-8/h3,5,7H,1-2,4,6H2. The molecule has 0 aliphatic carbocycles. The van der Waals surface area contributed by atoms with Gasteiger partial charge in [-0.05, 0) is 28.8 Å². The average molecular weight is 243 g/mol. The van der Waals surface area contributed by atoms with Crippen molar-refractivity contribution in [2.24, 2.45) is 0 Å². The molecule has 0 saturated heterocycles. The van der Waals surface area contributed by atoms with Crippen LogP contribution in [-0.2, 0) is 12.8 Å². The fraction of sp³-hybridized carbons (Fsp3) is 0.400. The highest BCUT2D eigenvalue weighted by Crippen LogP contribution is 2.12. The van der Waals surface area contributed by atoms with Crippen molar-refractivity contribution < 1.29 is 4.42 Å². The zero-order chi connectivity index (χ0) is 10.5. The SMILES string of the molecule is ClCCCc1nnc(Cc2ccsc2)o1. The summed E-state index contributed by atoms with van der Waals surface area (Å²) in [6.07, 6.45) is 2.36. The Hall–Kier alpha value is -0.870. The highest BCUT2D eigenvalue weighted by molar-refractivity contribution is 7.07. The molecule has 0 spiro atoms. The topological polar surface area (TPSA) is 38.9 Å². The van der Waals surface area contributed by atoms with Gasteiger partial charge >= 0.3 is 0 Å². The maximum atomic E-state index is 5.58. The minimum atomic E-state index is 0.627. The van der Waals surface area contributed by atoms with Crippen LogP contribution in [0.25, 0.3) is 0 Å². The van der Waals surface area contributed by atoms with Crippen molar-refractivity contribution in [3.05, 3.63) is 34.2 Å². The van der Waals surface area contributed by atoms with Gasteiger partial charge < -0.3 is 4.42 Å². The molecule has 2 aromatic rings. The van der Waals surface area contributed by atoms with Crippen LogP contribution in [-0.4, -0.2) is 16.1 Å². The van der Waals surface area contributed by atoms with E-state index in [9.17, 15) is 0 Å². The molecule has 15 heavy (non-hydrogen) atoms. The van der Waals surface area contributed by atoms with Crippen molar-refractivity contribution in [2.75, 3.05) is 5.88 Å². The van der Waals surface area contributed by atoms with Crippen LogP contribution in [0.15, 0.2) is 21.2 Å². The van der Waals surface area contributed by atoms with Gasteiger partial charge in [0, 0.05) is 12.3 Å². The zero-order valence-corrected chi connectivity index (χ0v) is 9.72. The lowest BCUT2D eigenvalue weighted by atomic mass is 10.2. The second-order valence-electron chi connectivity index (χ2n) is 3.19. The van der Waals surface area contributed by atoms with E-state index in [0.29, 0.717) is 17.7 Å². The molecule has 0 aliphatic heterocycles. The minimum Gasteiger partial charge on any atom is -0.425 e. The van der Waals surface area contributed by atoms with Crippen LogP contribution in [0, 0.1) is 0 Å². The Kier molecular flexibility index (Phi) is 3.75. The first-order valence-electron chi connectivity index (χ1n) is 4.77. The van der Waals surface area contributed by atoms with Crippen molar-refractivity contribution in [1.82, 2.24) is 10.2 Å². The summed E-state index contributed by atoms with van der Waals surface area (Å²) in [6, 6.07) is 2.06. The molecule has 0 aromatic carbocycles. The smallest absolute Gasteiger partial charge is 0.220 e.